The van der Waals surface area contributed by atoms with Crippen LogP contribution in [0, 0.1) is 17.6 Å². The summed E-state index contributed by atoms with van der Waals surface area (Å²) in [7, 11) is 0. The van der Waals surface area contributed by atoms with Crippen molar-refractivity contribution in [1.29, 1.82) is 0 Å². The lowest BCUT2D eigenvalue weighted by molar-refractivity contribution is 0.0700. The number of benzene rings is 1. The van der Waals surface area contributed by atoms with Crippen molar-refractivity contribution in [2.45, 2.75) is 12.8 Å². The van der Waals surface area contributed by atoms with Gasteiger partial charge in [0.05, 0.1) is 4.99 Å². The van der Waals surface area contributed by atoms with Gasteiger partial charge in [-0.15, -0.1) is 0 Å². The molecule has 1 aliphatic rings. The number of hydrogen-bond acceptors (Lipinski definition) is 2. The van der Waals surface area contributed by atoms with Crippen molar-refractivity contribution in [1.82, 2.24) is 4.90 Å². The molecular weight excluding hydrogens is 270 g/mol. The van der Waals surface area contributed by atoms with Crippen LogP contribution in [-0.2, 0) is 0 Å². The molecule has 0 atom stereocenters. The maximum atomic E-state index is 13.5. The second-order valence-corrected chi connectivity index (χ2v) is 5.04. The number of likely N-dealkylation sites (tertiary alicyclic amines) is 1. The highest BCUT2D eigenvalue weighted by Gasteiger charge is 2.28. The lowest BCUT2D eigenvalue weighted by Crippen LogP contribution is -2.41. The molecule has 6 heteroatoms. The monoisotopic (exact) mass is 284 g/mol. The average Bonchev–Trinajstić information content (AvgIpc) is 2.38. The van der Waals surface area contributed by atoms with Crippen LogP contribution in [0.2, 0.25) is 0 Å². The molecule has 0 bridgehead atoms. The molecule has 1 amide bonds. The van der Waals surface area contributed by atoms with E-state index in [2.05, 4.69) is 0 Å². The van der Waals surface area contributed by atoms with E-state index in [0.717, 1.165) is 12.1 Å². The summed E-state index contributed by atoms with van der Waals surface area (Å²) >= 11 is 4.91. The van der Waals surface area contributed by atoms with E-state index in [9.17, 15) is 13.6 Å². The number of nitrogens with zero attached hydrogens (tertiary/aromatic N) is 1. The van der Waals surface area contributed by atoms with Gasteiger partial charge in [0.15, 0.2) is 0 Å². The first-order chi connectivity index (χ1) is 9.00. The fourth-order valence-corrected chi connectivity index (χ4v) is 2.46. The van der Waals surface area contributed by atoms with E-state index in [-0.39, 0.29) is 5.92 Å². The van der Waals surface area contributed by atoms with E-state index in [1.54, 1.807) is 0 Å². The van der Waals surface area contributed by atoms with Gasteiger partial charge in [-0.2, -0.15) is 0 Å². The van der Waals surface area contributed by atoms with Crippen molar-refractivity contribution in [3.63, 3.8) is 0 Å². The number of carbonyl (C=O) groups excluding carboxylic acids is 1. The van der Waals surface area contributed by atoms with Crippen molar-refractivity contribution >= 4 is 23.1 Å². The molecule has 1 heterocycles. The molecule has 1 aromatic carbocycles. The molecule has 0 aliphatic carbocycles. The highest BCUT2D eigenvalue weighted by atomic mass is 32.1. The smallest absolute Gasteiger partial charge is 0.259 e. The summed E-state index contributed by atoms with van der Waals surface area (Å²) in [4.78, 5) is 14.0. The third kappa shape index (κ3) is 2.89. The first-order valence-corrected chi connectivity index (χ1v) is 6.44. The predicted molar refractivity (Wildman–Crippen MR) is 71.8 cm³/mol. The van der Waals surface area contributed by atoms with Gasteiger partial charge < -0.3 is 10.6 Å². The summed E-state index contributed by atoms with van der Waals surface area (Å²) in [5.41, 5.74) is 5.07. The summed E-state index contributed by atoms with van der Waals surface area (Å²) in [5.74, 6) is -2.18. The molecule has 1 aliphatic heterocycles. The summed E-state index contributed by atoms with van der Waals surface area (Å²) in [5, 5.41) is 0. The molecule has 2 N–H and O–H groups in total. The van der Waals surface area contributed by atoms with Gasteiger partial charge in [0.2, 0.25) is 0 Å². The fraction of sp³-hybridized carbons (Fsp3) is 0.385. The van der Waals surface area contributed by atoms with Crippen LogP contribution in [0.25, 0.3) is 0 Å². The van der Waals surface area contributed by atoms with Crippen molar-refractivity contribution in [2.75, 3.05) is 13.1 Å². The number of rotatable bonds is 2. The third-order valence-electron chi connectivity index (χ3n) is 3.36. The zero-order valence-electron chi connectivity index (χ0n) is 10.2. The fourth-order valence-electron chi connectivity index (χ4n) is 2.23. The second-order valence-electron chi connectivity index (χ2n) is 4.57. The molecule has 0 unspecified atom stereocenters. The Balaban J connectivity index is 2.12. The molecule has 1 aromatic rings. The van der Waals surface area contributed by atoms with E-state index >= 15 is 0 Å². The number of carbonyl (C=O) groups is 1. The Bertz CT molecular complexity index is 493. The van der Waals surface area contributed by atoms with Gasteiger partial charge in [-0.3, -0.25) is 4.79 Å². The highest BCUT2D eigenvalue weighted by molar-refractivity contribution is 7.80. The van der Waals surface area contributed by atoms with Crippen molar-refractivity contribution < 1.29 is 13.6 Å². The van der Waals surface area contributed by atoms with Gasteiger partial charge in [-0.05, 0) is 25.0 Å². The minimum absolute atomic E-state index is 0.101. The second kappa shape index (κ2) is 5.61. The van der Waals surface area contributed by atoms with E-state index in [1.807, 2.05) is 0 Å². The molecule has 0 saturated carbocycles. The van der Waals surface area contributed by atoms with Crippen LogP contribution in [0.4, 0.5) is 8.78 Å². The quantitative estimate of drug-likeness (QED) is 0.846. The number of amides is 1. The summed E-state index contributed by atoms with van der Waals surface area (Å²) in [6.07, 6.45) is 1.27. The van der Waals surface area contributed by atoms with E-state index < -0.39 is 23.1 Å². The minimum atomic E-state index is -0.832. The van der Waals surface area contributed by atoms with Crippen molar-refractivity contribution in [3.05, 3.63) is 35.4 Å². The van der Waals surface area contributed by atoms with E-state index in [4.69, 9.17) is 18.0 Å². The topological polar surface area (TPSA) is 46.3 Å². The molecule has 3 nitrogen and oxygen atoms in total. The molecular formula is C13H14F2N2OS. The molecule has 102 valence electrons. The zero-order chi connectivity index (χ0) is 14.0. The lowest BCUT2D eigenvalue weighted by Gasteiger charge is -2.31. The Hall–Kier alpha value is -1.56. The third-order valence-corrected chi connectivity index (χ3v) is 3.69. The SMILES string of the molecule is NC(=S)C1CCN(C(=O)c2c(F)cccc2F)CC1. The maximum Gasteiger partial charge on any atom is 0.259 e. The van der Waals surface area contributed by atoms with Crippen LogP contribution in [0.15, 0.2) is 18.2 Å². The Kier molecular flexibility index (Phi) is 4.09. The number of nitrogens with two attached hydrogens (primary N) is 1. The summed E-state index contributed by atoms with van der Waals surface area (Å²) < 4.78 is 27.1. The number of thiocarbonyl (C=S) groups is 1. The van der Waals surface area contributed by atoms with E-state index in [1.165, 1.54) is 11.0 Å². The standard InChI is InChI=1S/C13H14F2N2OS/c14-9-2-1-3-10(15)11(9)13(18)17-6-4-8(5-7-17)12(16)19/h1-3,8H,4-7H2,(H2,16,19). The predicted octanol–water partition coefficient (Wildman–Crippen LogP) is 2.10. The van der Waals surface area contributed by atoms with Crippen LogP contribution >= 0.6 is 12.2 Å². The Morgan fingerprint density at radius 1 is 1.26 bits per heavy atom. The highest BCUT2D eigenvalue weighted by Crippen LogP contribution is 2.21. The molecule has 2 rings (SSSR count). The summed E-state index contributed by atoms with van der Waals surface area (Å²) in [6, 6.07) is 3.40. The average molecular weight is 284 g/mol. The molecule has 0 spiro atoms. The largest absolute Gasteiger partial charge is 0.393 e. The van der Waals surface area contributed by atoms with Gasteiger partial charge in [0, 0.05) is 19.0 Å². The van der Waals surface area contributed by atoms with Crippen molar-refractivity contribution in [3.8, 4) is 0 Å². The molecule has 1 fully saturated rings. The van der Waals surface area contributed by atoms with Gasteiger partial charge in [-0.25, -0.2) is 8.78 Å². The molecule has 19 heavy (non-hydrogen) atoms. The number of halogens is 2. The maximum absolute atomic E-state index is 13.5. The Morgan fingerprint density at radius 2 is 1.79 bits per heavy atom. The van der Waals surface area contributed by atoms with Crippen LogP contribution in [0.1, 0.15) is 23.2 Å². The first kappa shape index (κ1) is 13.9. The first-order valence-electron chi connectivity index (χ1n) is 6.03. The van der Waals surface area contributed by atoms with Crippen LogP contribution in [0.3, 0.4) is 0 Å². The minimum Gasteiger partial charge on any atom is -0.393 e. The Morgan fingerprint density at radius 3 is 2.26 bits per heavy atom. The number of hydrogen-bond donors (Lipinski definition) is 1. The Labute approximate surface area is 115 Å². The van der Waals surface area contributed by atoms with Gasteiger partial charge in [0.1, 0.15) is 17.2 Å². The molecule has 1 saturated heterocycles. The molecule has 0 radical (unpaired) electrons. The van der Waals surface area contributed by atoms with Gasteiger partial charge >= 0.3 is 0 Å². The van der Waals surface area contributed by atoms with Gasteiger partial charge in [-0.1, -0.05) is 18.3 Å². The summed E-state index contributed by atoms with van der Waals surface area (Å²) in [6.45, 7) is 0.823. The number of piperidine rings is 1. The normalized spacial score (nSPS) is 16.4. The van der Waals surface area contributed by atoms with Crippen LogP contribution in [0.5, 0.6) is 0 Å². The van der Waals surface area contributed by atoms with Crippen LogP contribution in [-0.4, -0.2) is 28.9 Å². The molecule has 0 aromatic heterocycles. The van der Waals surface area contributed by atoms with Crippen LogP contribution < -0.4 is 5.73 Å². The zero-order valence-corrected chi connectivity index (χ0v) is 11.1. The lowest BCUT2D eigenvalue weighted by atomic mass is 9.96. The van der Waals surface area contributed by atoms with Gasteiger partial charge in [0.25, 0.3) is 5.91 Å². The van der Waals surface area contributed by atoms with Crippen molar-refractivity contribution in [2.24, 2.45) is 11.7 Å². The van der Waals surface area contributed by atoms with E-state index in [0.29, 0.717) is 30.9 Å².